The van der Waals surface area contributed by atoms with Gasteiger partial charge in [-0.2, -0.15) is 0 Å². The van der Waals surface area contributed by atoms with E-state index in [0.29, 0.717) is 5.56 Å². The Morgan fingerprint density at radius 3 is 2.44 bits per heavy atom. The molecule has 2 amide bonds. The highest BCUT2D eigenvalue weighted by molar-refractivity contribution is 5.93. The summed E-state index contributed by atoms with van der Waals surface area (Å²) < 4.78 is 0. The maximum Gasteiger partial charge on any atom is 0.274 e. The molecule has 0 aliphatic heterocycles. The lowest BCUT2D eigenvalue weighted by Crippen LogP contribution is -2.31. The van der Waals surface area contributed by atoms with Crippen molar-refractivity contribution < 1.29 is 14.4 Å². The number of rotatable bonds is 4. The first-order valence-corrected chi connectivity index (χ1v) is 4.83. The molecule has 0 aliphatic rings. The van der Waals surface area contributed by atoms with Crippen LogP contribution in [-0.2, 0) is 9.63 Å². The molecule has 5 heteroatoms. The van der Waals surface area contributed by atoms with Gasteiger partial charge in [0.25, 0.3) is 5.91 Å². The average molecular weight is 222 g/mol. The van der Waals surface area contributed by atoms with Crippen molar-refractivity contribution in [1.82, 2.24) is 10.8 Å². The molecule has 0 aliphatic carbocycles. The standard InChI is InChI=1S/C11H14N2O3/c1-8-3-5-9(6-4-8)11(15)13-16-7-10(14)12-2/h3-6H,7H2,1-2H3,(H,12,14)(H,13,15). The lowest BCUT2D eigenvalue weighted by Gasteiger charge is -2.05. The summed E-state index contributed by atoms with van der Waals surface area (Å²) in [6.07, 6.45) is 0. The molecule has 0 saturated heterocycles. The molecule has 1 aromatic rings. The highest BCUT2D eigenvalue weighted by Crippen LogP contribution is 2.02. The molecule has 1 rings (SSSR count). The van der Waals surface area contributed by atoms with Crippen LogP contribution in [0, 0.1) is 6.92 Å². The van der Waals surface area contributed by atoms with Gasteiger partial charge in [0.2, 0.25) is 5.91 Å². The average Bonchev–Trinajstić information content (AvgIpc) is 2.29. The number of hydrogen-bond donors (Lipinski definition) is 2. The molecule has 0 spiro atoms. The van der Waals surface area contributed by atoms with Crippen LogP contribution in [0.5, 0.6) is 0 Å². The second kappa shape index (κ2) is 5.87. The first-order valence-electron chi connectivity index (χ1n) is 4.83. The molecule has 0 atom stereocenters. The Morgan fingerprint density at radius 1 is 1.25 bits per heavy atom. The van der Waals surface area contributed by atoms with Gasteiger partial charge in [-0.3, -0.25) is 14.4 Å². The van der Waals surface area contributed by atoms with Gasteiger partial charge in [-0.1, -0.05) is 17.7 Å². The van der Waals surface area contributed by atoms with E-state index in [4.69, 9.17) is 4.84 Å². The molecule has 0 bridgehead atoms. The Bertz CT molecular complexity index is 373. The monoisotopic (exact) mass is 222 g/mol. The number of likely N-dealkylation sites (N-methyl/N-ethyl adjacent to an activating group) is 1. The van der Waals surface area contributed by atoms with Crippen molar-refractivity contribution >= 4 is 11.8 Å². The summed E-state index contributed by atoms with van der Waals surface area (Å²) in [4.78, 5) is 27.0. The van der Waals surface area contributed by atoms with Gasteiger partial charge in [0, 0.05) is 12.6 Å². The number of aryl methyl sites for hydroxylation is 1. The van der Waals surface area contributed by atoms with Gasteiger partial charge in [-0.05, 0) is 19.1 Å². The predicted molar refractivity (Wildman–Crippen MR) is 58.7 cm³/mol. The zero-order valence-electron chi connectivity index (χ0n) is 9.24. The Morgan fingerprint density at radius 2 is 1.88 bits per heavy atom. The van der Waals surface area contributed by atoms with Gasteiger partial charge in [0.15, 0.2) is 6.61 Å². The summed E-state index contributed by atoms with van der Waals surface area (Å²) in [7, 11) is 1.49. The van der Waals surface area contributed by atoms with E-state index in [1.807, 2.05) is 19.1 Å². The van der Waals surface area contributed by atoms with E-state index in [1.54, 1.807) is 12.1 Å². The Labute approximate surface area is 93.7 Å². The predicted octanol–water partition coefficient (Wildman–Crippen LogP) is 0.402. The van der Waals surface area contributed by atoms with Crippen LogP contribution in [0.15, 0.2) is 24.3 Å². The third-order valence-corrected chi connectivity index (χ3v) is 1.96. The van der Waals surface area contributed by atoms with E-state index in [2.05, 4.69) is 10.8 Å². The molecule has 16 heavy (non-hydrogen) atoms. The molecule has 0 aromatic heterocycles. The first kappa shape index (κ1) is 12.2. The molecular formula is C11H14N2O3. The summed E-state index contributed by atoms with van der Waals surface area (Å²) in [5.74, 6) is -0.673. The maximum absolute atomic E-state index is 11.5. The van der Waals surface area contributed by atoms with E-state index in [0.717, 1.165) is 5.56 Å². The third kappa shape index (κ3) is 3.70. The van der Waals surface area contributed by atoms with E-state index in [-0.39, 0.29) is 18.4 Å². The topological polar surface area (TPSA) is 67.4 Å². The minimum atomic E-state index is -0.371. The van der Waals surface area contributed by atoms with Crippen molar-refractivity contribution in [3.8, 4) is 0 Å². The van der Waals surface area contributed by atoms with Gasteiger partial charge in [-0.25, -0.2) is 5.48 Å². The lowest BCUT2D eigenvalue weighted by atomic mass is 10.1. The normalized spacial score (nSPS) is 9.62. The maximum atomic E-state index is 11.5. The molecule has 0 radical (unpaired) electrons. The Hall–Kier alpha value is -1.88. The van der Waals surface area contributed by atoms with E-state index < -0.39 is 0 Å². The van der Waals surface area contributed by atoms with Crippen molar-refractivity contribution in [2.24, 2.45) is 0 Å². The first-order chi connectivity index (χ1) is 7.63. The third-order valence-electron chi connectivity index (χ3n) is 1.96. The second-order valence-electron chi connectivity index (χ2n) is 3.26. The fourth-order valence-corrected chi connectivity index (χ4v) is 1.00. The number of benzene rings is 1. The molecule has 0 heterocycles. The van der Waals surface area contributed by atoms with E-state index in [1.165, 1.54) is 7.05 Å². The van der Waals surface area contributed by atoms with Crippen molar-refractivity contribution in [2.75, 3.05) is 13.7 Å². The molecule has 0 fully saturated rings. The highest BCUT2D eigenvalue weighted by atomic mass is 16.7. The van der Waals surface area contributed by atoms with E-state index >= 15 is 0 Å². The molecule has 1 aromatic carbocycles. The van der Waals surface area contributed by atoms with Gasteiger partial charge in [0.05, 0.1) is 0 Å². The number of hydrogen-bond acceptors (Lipinski definition) is 3. The lowest BCUT2D eigenvalue weighted by molar-refractivity contribution is -0.126. The van der Waals surface area contributed by atoms with Crippen LogP contribution in [0.2, 0.25) is 0 Å². The van der Waals surface area contributed by atoms with Gasteiger partial charge >= 0.3 is 0 Å². The molecule has 86 valence electrons. The molecule has 0 unspecified atom stereocenters. The highest BCUT2D eigenvalue weighted by Gasteiger charge is 2.05. The van der Waals surface area contributed by atoms with Crippen LogP contribution >= 0.6 is 0 Å². The minimum absolute atomic E-state index is 0.200. The van der Waals surface area contributed by atoms with Crippen molar-refractivity contribution in [3.05, 3.63) is 35.4 Å². The summed E-state index contributed by atoms with van der Waals surface area (Å²) >= 11 is 0. The number of carbonyl (C=O) groups is 2. The summed E-state index contributed by atoms with van der Waals surface area (Å²) in [6.45, 7) is 1.73. The van der Waals surface area contributed by atoms with Crippen LogP contribution in [-0.4, -0.2) is 25.5 Å². The van der Waals surface area contributed by atoms with Crippen molar-refractivity contribution in [1.29, 1.82) is 0 Å². The summed E-state index contributed by atoms with van der Waals surface area (Å²) in [6, 6.07) is 7.03. The van der Waals surface area contributed by atoms with Gasteiger partial charge < -0.3 is 5.32 Å². The number of amides is 2. The number of hydroxylamine groups is 1. The summed E-state index contributed by atoms with van der Waals surface area (Å²) in [5.41, 5.74) is 3.74. The summed E-state index contributed by atoms with van der Waals surface area (Å²) in [5, 5.41) is 2.37. The largest absolute Gasteiger partial charge is 0.357 e. The van der Waals surface area contributed by atoms with Crippen molar-refractivity contribution in [3.63, 3.8) is 0 Å². The van der Waals surface area contributed by atoms with Crippen molar-refractivity contribution in [2.45, 2.75) is 6.92 Å². The van der Waals surface area contributed by atoms with Crippen LogP contribution in [0.1, 0.15) is 15.9 Å². The van der Waals surface area contributed by atoms with Crippen LogP contribution in [0.4, 0.5) is 0 Å². The minimum Gasteiger partial charge on any atom is -0.357 e. The fourth-order valence-electron chi connectivity index (χ4n) is 1.00. The molecule has 2 N–H and O–H groups in total. The Balaban J connectivity index is 2.41. The molecule has 0 saturated carbocycles. The smallest absolute Gasteiger partial charge is 0.274 e. The van der Waals surface area contributed by atoms with Crippen LogP contribution in [0.3, 0.4) is 0 Å². The Kier molecular flexibility index (Phi) is 4.47. The second-order valence-corrected chi connectivity index (χ2v) is 3.26. The number of carbonyl (C=O) groups excluding carboxylic acids is 2. The zero-order chi connectivity index (χ0) is 12.0. The van der Waals surface area contributed by atoms with Crippen LogP contribution in [0.25, 0.3) is 0 Å². The van der Waals surface area contributed by atoms with E-state index in [9.17, 15) is 9.59 Å². The van der Waals surface area contributed by atoms with Gasteiger partial charge in [-0.15, -0.1) is 0 Å². The quantitative estimate of drug-likeness (QED) is 0.725. The molecular weight excluding hydrogens is 208 g/mol. The van der Waals surface area contributed by atoms with Gasteiger partial charge in [0.1, 0.15) is 0 Å². The molecule has 5 nitrogen and oxygen atoms in total. The number of nitrogens with one attached hydrogen (secondary N) is 2. The fraction of sp³-hybridized carbons (Fsp3) is 0.273. The van der Waals surface area contributed by atoms with Crippen LogP contribution < -0.4 is 10.8 Å². The zero-order valence-corrected chi connectivity index (χ0v) is 9.24. The SMILES string of the molecule is CNC(=O)CONC(=O)c1ccc(C)cc1.